The molecule has 2 aliphatic carbocycles. The molecule has 4 nitrogen and oxygen atoms in total. The van der Waals surface area contributed by atoms with Crippen molar-refractivity contribution in [3.63, 3.8) is 0 Å². The summed E-state index contributed by atoms with van der Waals surface area (Å²) in [4.78, 5) is 0. The van der Waals surface area contributed by atoms with Crippen molar-refractivity contribution >= 4 is 87.2 Å². The lowest BCUT2D eigenvalue weighted by atomic mass is 9.67. The van der Waals surface area contributed by atoms with E-state index in [1.165, 1.54) is 215 Å². The van der Waals surface area contributed by atoms with Crippen molar-refractivity contribution in [2.45, 2.75) is 24.7 Å². The highest BCUT2D eigenvalue weighted by molar-refractivity contribution is 6.15. The fraction of sp³-hybridized carbons (Fsp3) is 0.0323. The Labute approximate surface area is 743 Å². The maximum atomic E-state index is 2.49. The molecule has 4 aromatic heterocycles. The number of benzene rings is 20. The van der Waals surface area contributed by atoms with Gasteiger partial charge in [0.25, 0.3) is 0 Å². The van der Waals surface area contributed by atoms with Crippen LogP contribution in [0.4, 0.5) is 0 Å². The van der Waals surface area contributed by atoms with E-state index >= 15 is 0 Å². The van der Waals surface area contributed by atoms with Crippen LogP contribution in [-0.4, -0.2) is 18.3 Å². The van der Waals surface area contributed by atoms with Gasteiger partial charge in [-0.05, 0) is 280 Å². The van der Waals surface area contributed by atoms with E-state index in [-0.39, 0.29) is 5.41 Å². The van der Waals surface area contributed by atoms with Crippen molar-refractivity contribution < 1.29 is 0 Å². The number of para-hydroxylation sites is 8. The average Bonchev–Trinajstić information content (AvgIpc) is 1.53. The molecule has 4 heterocycles. The molecule has 0 atom stereocenters. The van der Waals surface area contributed by atoms with E-state index in [2.05, 4.69) is 505 Å². The van der Waals surface area contributed by atoms with Crippen molar-refractivity contribution in [1.82, 2.24) is 18.3 Å². The van der Waals surface area contributed by atoms with Gasteiger partial charge in [-0.1, -0.05) is 329 Å². The first kappa shape index (κ1) is 74.2. The molecule has 0 aliphatic heterocycles. The third-order valence-corrected chi connectivity index (χ3v) is 27.7. The summed E-state index contributed by atoms with van der Waals surface area (Å²) in [6, 6.07) is 175. The van der Waals surface area contributed by atoms with E-state index in [1.807, 2.05) is 0 Å². The van der Waals surface area contributed by atoms with Gasteiger partial charge in [-0.2, -0.15) is 0 Å². The molecule has 128 heavy (non-hydrogen) atoms. The van der Waals surface area contributed by atoms with Gasteiger partial charge in [0.2, 0.25) is 0 Å². The van der Waals surface area contributed by atoms with Crippen LogP contribution in [0.1, 0.15) is 47.2 Å². The first-order valence-corrected chi connectivity index (χ1v) is 44.5. The van der Waals surface area contributed by atoms with Gasteiger partial charge in [0.15, 0.2) is 0 Å². The Balaban J connectivity index is 0.000000141. The molecule has 2 aliphatic rings. The molecule has 24 aromatic rings. The first-order valence-electron chi connectivity index (χ1n) is 44.5. The van der Waals surface area contributed by atoms with Gasteiger partial charge in [-0.25, -0.2) is 0 Å². The molecule has 26 rings (SSSR count). The number of fused-ring (bicyclic) bond motifs is 18. The standard InChI is InChI=1S/C67H44N2.C57H40N2/c1-5-19-51(20-6-1)67(52-21-7-2-8-22-52)61-30-16-13-27-55(61)56-36-33-46(43-62(56)67)49-39-48(45-35-38-65-60(42-45)58-29-15-18-32-64(58)68(65)53-23-9-3-10-24-53)40-50(41-49)47-34-37-59-57-28-14-17-31-63(57)69(66(59)44-47)54-25-11-4-12-26-54;1-57(2)51-22-12-9-19-45(51)46-28-25-38(35-52(46)57)41-31-40(37-27-30-55-50(34-37)48-21-11-14-24-54(48)58(55)43-15-5-3-6-16-43)32-42(33-41)39-26-29-49-47-20-10-13-23-53(47)59(56(49)36-39)44-17-7-4-8-18-44/h1-44H;3-36H,1-2H3. The Morgan fingerprint density at radius 1 is 0.148 bits per heavy atom. The largest absolute Gasteiger partial charge is 0.309 e. The zero-order valence-corrected chi connectivity index (χ0v) is 70.8. The minimum Gasteiger partial charge on any atom is -0.309 e. The van der Waals surface area contributed by atoms with Crippen LogP contribution in [0.2, 0.25) is 0 Å². The van der Waals surface area contributed by atoms with Gasteiger partial charge in [-0.15, -0.1) is 0 Å². The summed E-state index contributed by atoms with van der Waals surface area (Å²) < 4.78 is 9.61. The van der Waals surface area contributed by atoms with Crippen molar-refractivity contribution in [2.24, 2.45) is 0 Å². The quantitative estimate of drug-likeness (QED) is 0.116. The van der Waals surface area contributed by atoms with Gasteiger partial charge >= 0.3 is 0 Å². The van der Waals surface area contributed by atoms with E-state index in [1.54, 1.807) is 0 Å². The first-order chi connectivity index (χ1) is 63.2. The van der Waals surface area contributed by atoms with Gasteiger partial charge in [0.05, 0.1) is 49.5 Å². The molecule has 0 spiro atoms. The molecule has 0 saturated carbocycles. The molecule has 0 bridgehead atoms. The van der Waals surface area contributed by atoms with E-state index in [4.69, 9.17) is 0 Å². The van der Waals surface area contributed by atoms with E-state index in [0.29, 0.717) is 0 Å². The molecular formula is C124H84N4. The summed E-state index contributed by atoms with van der Waals surface area (Å²) in [5.41, 5.74) is 41.1. The molecule has 0 N–H and O–H groups in total. The minimum absolute atomic E-state index is 0.0870. The summed E-state index contributed by atoms with van der Waals surface area (Å²) in [6.45, 7) is 4.73. The van der Waals surface area contributed by atoms with Crippen LogP contribution in [0.25, 0.3) is 199 Å². The third kappa shape index (κ3) is 11.8. The Bertz CT molecular complexity index is 8520. The van der Waals surface area contributed by atoms with Crippen LogP contribution in [0.15, 0.2) is 473 Å². The lowest BCUT2D eigenvalue weighted by molar-refractivity contribution is 0.660. The maximum Gasteiger partial charge on any atom is 0.0713 e. The summed E-state index contributed by atoms with van der Waals surface area (Å²) >= 11 is 0. The van der Waals surface area contributed by atoms with Crippen molar-refractivity contribution in [3.8, 4) is 112 Å². The Morgan fingerprint density at radius 2 is 0.398 bits per heavy atom. The summed E-state index contributed by atoms with van der Waals surface area (Å²) in [5.74, 6) is 0. The molecule has 0 amide bonds. The van der Waals surface area contributed by atoms with E-state index in [9.17, 15) is 0 Å². The highest BCUT2D eigenvalue weighted by atomic mass is 15.0. The van der Waals surface area contributed by atoms with E-state index < -0.39 is 5.41 Å². The van der Waals surface area contributed by atoms with Gasteiger partial charge in [0, 0.05) is 71.3 Å². The van der Waals surface area contributed by atoms with Gasteiger partial charge < -0.3 is 18.3 Å². The zero-order valence-electron chi connectivity index (χ0n) is 70.8. The van der Waals surface area contributed by atoms with Crippen molar-refractivity contribution in [2.75, 3.05) is 0 Å². The molecular weight excluding hydrogens is 1550 g/mol. The predicted molar refractivity (Wildman–Crippen MR) is 538 cm³/mol. The van der Waals surface area contributed by atoms with Crippen LogP contribution in [-0.2, 0) is 10.8 Å². The van der Waals surface area contributed by atoms with Crippen molar-refractivity contribution in [1.29, 1.82) is 0 Å². The Morgan fingerprint density at radius 3 is 0.789 bits per heavy atom. The lowest BCUT2D eigenvalue weighted by Crippen LogP contribution is -2.28. The van der Waals surface area contributed by atoms with Crippen LogP contribution in [0, 0.1) is 0 Å². The number of aromatic nitrogens is 4. The summed E-state index contributed by atoms with van der Waals surface area (Å²) in [5, 5.41) is 9.99. The van der Waals surface area contributed by atoms with Crippen LogP contribution in [0.5, 0.6) is 0 Å². The normalized spacial score (nSPS) is 12.9. The Kier molecular flexibility index (Phi) is 17.2. The minimum atomic E-state index is -0.501. The third-order valence-electron chi connectivity index (χ3n) is 27.7. The van der Waals surface area contributed by atoms with Gasteiger partial charge in [-0.3, -0.25) is 0 Å². The SMILES string of the molecule is CC1(C)c2ccccc2-c2ccc(-c3cc(-c4ccc5c(c4)c4ccccc4n5-c4ccccc4)cc(-c4ccc5c6ccccc6n(-c6ccccc6)c5c4)c3)cc21.c1ccc(-n2c3ccccc3c3cc(-c4cc(-c5ccc6c(c5)C(c5ccccc5)(c5ccccc5)c5ccccc5-6)cc(-c5ccc6c7ccccc7n(-c7ccccc7)c6c5)c4)ccc32)cc1. The monoisotopic (exact) mass is 1630 g/mol. The lowest BCUT2D eigenvalue weighted by Gasteiger charge is -2.34. The van der Waals surface area contributed by atoms with Crippen molar-refractivity contribution in [3.05, 3.63) is 507 Å². The van der Waals surface area contributed by atoms with Crippen LogP contribution >= 0.6 is 0 Å². The molecule has 0 fully saturated rings. The number of hydrogen-bond acceptors (Lipinski definition) is 0. The maximum absolute atomic E-state index is 2.49. The highest BCUT2D eigenvalue weighted by Crippen LogP contribution is 2.58. The second-order valence-electron chi connectivity index (χ2n) is 35.0. The highest BCUT2D eigenvalue weighted by Gasteiger charge is 2.46. The fourth-order valence-corrected chi connectivity index (χ4v) is 21.8. The molecule has 20 aromatic carbocycles. The molecule has 0 unspecified atom stereocenters. The topological polar surface area (TPSA) is 19.7 Å². The summed E-state index contributed by atoms with van der Waals surface area (Å²) in [6.07, 6.45) is 0. The molecule has 4 heteroatoms. The zero-order chi connectivity index (χ0) is 84.7. The molecule has 0 saturated heterocycles. The molecule has 0 radical (unpaired) electrons. The smallest absolute Gasteiger partial charge is 0.0713 e. The second-order valence-corrected chi connectivity index (χ2v) is 35.0. The number of rotatable bonds is 12. The Hall–Kier alpha value is -16.4. The second kappa shape index (κ2) is 29.7. The molecule has 600 valence electrons. The average molecular weight is 1630 g/mol. The predicted octanol–water partition coefficient (Wildman–Crippen LogP) is 32.4. The van der Waals surface area contributed by atoms with E-state index in [0.717, 1.165) is 17.1 Å². The fourth-order valence-electron chi connectivity index (χ4n) is 21.8. The number of nitrogens with zero attached hydrogens (tertiary/aromatic N) is 4. The van der Waals surface area contributed by atoms with Crippen LogP contribution < -0.4 is 0 Å². The van der Waals surface area contributed by atoms with Gasteiger partial charge in [0.1, 0.15) is 0 Å². The number of hydrogen-bond donors (Lipinski definition) is 0. The summed E-state index contributed by atoms with van der Waals surface area (Å²) in [7, 11) is 0. The van der Waals surface area contributed by atoms with Crippen LogP contribution in [0.3, 0.4) is 0 Å².